The summed E-state index contributed by atoms with van der Waals surface area (Å²) in [6, 6.07) is 8.99. The van der Waals surface area contributed by atoms with Crippen LogP contribution in [0.5, 0.6) is 0 Å². The zero-order valence-electron chi connectivity index (χ0n) is 16.4. The predicted molar refractivity (Wildman–Crippen MR) is 103 cm³/mol. The second-order valence-corrected chi connectivity index (χ2v) is 7.56. The zero-order valence-corrected chi connectivity index (χ0v) is 16.4. The normalized spacial score (nSPS) is 16.4. The number of nitrogens with one attached hydrogen (secondary N) is 3. The lowest BCUT2D eigenvalue weighted by atomic mass is 10.0. The molecule has 2 amide bonds. The first-order chi connectivity index (χ1) is 12.7. The summed E-state index contributed by atoms with van der Waals surface area (Å²) in [7, 11) is 0. The lowest BCUT2D eigenvalue weighted by Gasteiger charge is -2.39. The third-order valence-corrected chi connectivity index (χ3v) is 4.07. The van der Waals surface area contributed by atoms with Gasteiger partial charge in [0.1, 0.15) is 17.5 Å². The molecule has 0 saturated carbocycles. The summed E-state index contributed by atoms with van der Waals surface area (Å²) in [5.74, 6) is -0.0802. The van der Waals surface area contributed by atoms with E-state index in [1.165, 1.54) is 0 Å². The number of hydrazine groups is 1. The van der Waals surface area contributed by atoms with Gasteiger partial charge in [0.2, 0.25) is 0 Å². The molecule has 0 spiro atoms. The van der Waals surface area contributed by atoms with Crippen LogP contribution in [-0.4, -0.2) is 59.4 Å². The van der Waals surface area contributed by atoms with Crippen LogP contribution in [0.2, 0.25) is 0 Å². The van der Waals surface area contributed by atoms with Crippen LogP contribution < -0.4 is 10.9 Å². The lowest BCUT2D eigenvalue weighted by Crippen LogP contribution is -2.54. The van der Waals surface area contributed by atoms with Crippen LogP contribution in [0.15, 0.2) is 30.3 Å². The molecule has 8 nitrogen and oxygen atoms in total. The largest absolute Gasteiger partial charge is 0.444 e. The molecule has 27 heavy (non-hydrogen) atoms. The fourth-order valence-corrected chi connectivity index (χ4v) is 2.88. The standard InChI is InChI=1S/C19H29N5O3/c1-14(20)21-22-17(25)16(15-8-6-5-7-9-15)23-10-12-24(13-11-23)18(26)27-19(2,3)4/h5-9,16H,10-13H2,1-4H3,(H2,20,21)(H,22,25). The summed E-state index contributed by atoms with van der Waals surface area (Å²) in [4.78, 5) is 28.7. The molecular formula is C19H29N5O3. The average Bonchev–Trinajstić information content (AvgIpc) is 2.60. The first-order valence-electron chi connectivity index (χ1n) is 9.05. The molecule has 1 unspecified atom stereocenters. The number of piperazine rings is 1. The van der Waals surface area contributed by atoms with Crippen LogP contribution in [-0.2, 0) is 9.53 Å². The van der Waals surface area contributed by atoms with Crippen molar-refractivity contribution < 1.29 is 14.3 Å². The Labute approximate surface area is 160 Å². The second kappa shape index (κ2) is 8.85. The quantitative estimate of drug-likeness (QED) is 0.426. The van der Waals surface area contributed by atoms with Crippen LogP contribution in [0.4, 0.5) is 4.79 Å². The Morgan fingerprint density at radius 1 is 1.07 bits per heavy atom. The number of carbonyl (C=O) groups excluding carboxylic acids is 2. The van der Waals surface area contributed by atoms with Gasteiger partial charge in [-0.1, -0.05) is 30.3 Å². The molecule has 8 heteroatoms. The molecule has 0 aliphatic carbocycles. The van der Waals surface area contributed by atoms with E-state index in [9.17, 15) is 9.59 Å². The molecule has 0 aromatic heterocycles. The number of ether oxygens (including phenoxy) is 1. The number of hydrogen-bond acceptors (Lipinski definition) is 5. The van der Waals surface area contributed by atoms with Crippen molar-refractivity contribution in [2.24, 2.45) is 0 Å². The van der Waals surface area contributed by atoms with E-state index in [1.54, 1.807) is 11.8 Å². The van der Waals surface area contributed by atoms with Crippen molar-refractivity contribution >= 4 is 17.8 Å². The number of hydrogen-bond donors (Lipinski definition) is 3. The maximum absolute atomic E-state index is 12.7. The number of carbonyl (C=O) groups is 2. The van der Waals surface area contributed by atoms with E-state index in [4.69, 9.17) is 10.1 Å². The van der Waals surface area contributed by atoms with E-state index in [0.717, 1.165) is 5.56 Å². The Morgan fingerprint density at radius 2 is 1.67 bits per heavy atom. The van der Waals surface area contributed by atoms with Crippen LogP contribution in [0, 0.1) is 5.41 Å². The summed E-state index contributed by atoms with van der Waals surface area (Å²) in [5, 5.41) is 7.43. The maximum Gasteiger partial charge on any atom is 0.410 e. The Kier molecular flexibility index (Phi) is 6.79. The fraction of sp³-hybridized carbons (Fsp3) is 0.526. The molecule has 0 bridgehead atoms. The summed E-state index contributed by atoms with van der Waals surface area (Å²) in [6.07, 6.45) is -0.330. The number of amidine groups is 1. The van der Waals surface area contributed by atoms with Crippen molar-refractivity contribution in [3.63, 3.8) is 0 Å². The monoisotopic (exact) mass is 375 g/mol. The Hall–Kier alpha value is -2.61. The molecule has 1 aliphatic heterocycles. The van der Waals surface area contributed by atoms with Gasteiger partial charge in [0.05, 0.1) is 0 Å². The van der Waals surface area contributed by atoms with E-state index in [1.807, 2.05) is 56.0 Å². The third kappa shape index (κ3) is 6.25. The topological polar surface area (TPSA) is 97.8 Å². The molecular weight excluding hydrogens is 346 g/mol. The van der Waals surface area contributed by atoms with Gasteiger partial charge in [-0.05, 0) is 33.3 Å². The second-order valence-electron chi connectivity index (χ2n) is 7.56. The summed E-state index contributed by atoms with van der Waals surface area (Å²) >= 11 is 0. The van der Waals surface area contributed by atoms with E-state index in [2.05, 4.69) is 10.9 Å². The Bertz CT molecular complexity index is 664. The maximum atomic E-state index is 12.7. The van der Waals surface area contributed by atoms with Gasteiger partial charge in [-0.2, -0.15) is 0 Å². The van der Waals surface area contributed by atoms with Crippen LogP contribution in [0.3, 0.4) is 0 Å². The minimum absolute atomic E-state index is 0.157. The van der Waals surface area contributed by atoms with Crippen molar-refractivity contribution in [1.82, 2.24) is 20.7 Å². The highest BCUT2D eigenvalue weighted by molar-refractivity contribution is 5.86. The molecule has 1 saturated heterocycles. The highest BCUT2D eigenvalue weighted by atomic mass is 16.6. The Balaban J connectivity index is 2.06. The van der Waals surface area contributed by atoms with Gasteiger partial charge in [-0.3, -0.25) is 26.0 Å². The van der Waals surface area contributed by atoms with E-state index in [-0.39, 0.29) is 17.8 Å². The van der Waals surface area contributed by atoms with Crippen LogP contribution >= 0.6 is 0 Å². The third-order valence-electron chi connectivity index (χ3n) is 4.07. The highest BCUT2D eigenvalue weighted by Gasteiger charge is 2.33. The molecule has 1 fully saturated rings. The number of amides is 2. The highest BCUT2D eigenvalue weighted by Crippen LogP contribution is 2.23. The molecule has 1 heterocycles. The molecule has 2 rings (SSSR count). The van der Waals surface area contributed by atoms with Crippen molar-refractivity contribution in [2.75, 3.05) is 26.2 Å². The molecule has 1 aromatic carbocycles. The molecule has 1 atom stereocenters. The lowest BCUT2D eigenvalue weighted by molar-refractivity contribution is -0.128. The fourth-order valence-electron chi connectivity index (χ4n) is 2.88. The van der Waals surface area contributed by atoms with Gasteiger partial charge in [0.15, 0.2) is 0 Å². The average molecular weight is 375 g/mol. The van der Waals surface area contributed by atoms with Gasteiger partial charge in [0, 0.05) is 26.2 Å². The zero-order chi connectivity index (χ0) is 20.0. The first kappa shape index (κ1) is 20.7. The number of benzene rings is 1. The number of nitrogens with zero attached hydrogens (tertiary/aromatic N) is 2. The van der Waals surface area contributed by atoms with E-state index < -0.39 is 11.6 Å². The SMILES string of the molecule is CC(=N)NNC(=O)C(c1ccccc1)N1CCN(C(=O)OC(C)(C)C)CC1. The first-order valence-corrected chi connectivity index (χ1v) is 9.05. The van der Waals surface area contributed by atoms with Gasteiger partial charge >= 0.3 is 6.09 Å². The minimum Gasteiger partial charge on any atom is -0.444 e. The van der Waals surface area contributed by atoms with Crippen molar-refractivity contribution in [1.29, 1.82) is 5.41 Å². The molecule has 1 aromatic rings. The Morgan fingerprint density at radius 3 is 2.19 bits per heavy atom. The van der Waals surface area contributed by atoms with Gasteiger partial charge < -0.3 is 9.64 Å². The molecule has 148 valence electrons. The van der Waals surface area contributed by atoms with Gasteiger partial charge in [0.25, 0.3) is 5.91 Å². The predicted octanol–water partition coefficient (Wildman–Crippen LogP) is 1.90. The minimum atomic E-state index is -0.531. The summed E-state index contributed by atoms with van der Waals surface area (Å²) < 4.78 is 5.43. The molecule has 3 N–H and O–H groups in total. The van der Waals surface area contributed by atoms with E-state index in [0.29, 0.717) is 26.2 Å². The van der Waals surface area contributed by atoms with Crippen molar-refractivity contribution in [3.05, 3.63) is 35.9 Å². The smallest absolute Gasteiger partial charge is 0.410 e. The van der Waals surface area contributed by atoms with Gasteiger partial charge in [-0.15, -0.1) is 0 Å². The molecule has 0 radical (unpaired) electrons. The summed E-state index contributed by atoms with van der Waals surface area (Å²) in [6.45, 7) is 9.16. The van der Waals surface area contributed by atoms with Crippen molar-refractivity contribution in [2.45, 2.75) is 39.3 Å². The van der Waals surface area contributed by atoms with Crippen LogP contribution in [0.1, 0.15) is 39.3 Å². The molecule has 1 aliphatic rings. The van der Waals surface area contributed by atoms with Crippen LogP contribution in [0.25, 0.3) is 0 Å². The summed E-state index contributed by atoms with van der Waals surface area (Å²) in [5.41, 5.74) is 5.48. The van der Waals surface area contributed by atoms with E-state index >= 15 is 0 Å². The van der Waals surface area contributed by atoms with Crippen molar-refractivity contribution in [3.8, 4) is 0 Å². The van der Waals surface area contributed by atoms with Gasteiger partial charge in [-0.25, -0.2) is 4.79 Å². The number of rotatable bonds is 3.